The van der Waals surface area contributed by atoms with Gasteiger partial charge in [0.15, 0.2) is 17.3 Å². The van der Waals surface area contributed by atoms with Crippen molar-refractivity contribution in [3.05, 3.63) is 123 Å². The van der Waals surface area contributed by atoms with Gasteiger partial charge in [0.05, 0.1) is 27.9 Å². The number of Topliss-reactive ketones (excluding diaryl/α,β-unsaturated/α-hetero) is 1. The molecule has 3 aliphatic rings. The molecule has 2 fully saturated rings. The SMILES string of the molecule is CS(=O)(=O)O.O=C(c1nc2ccccc2n1Cc1ccc(F)cc1)C1CCN(CCC2(c3ccc4c(c3)OCO4)CCN(C(=O)c3ccc(Cl)cc3Cl)C2)CC1. The Morgan fingerprint density at radius 2 is 1.66 bits per heavy atom. The number of nitrogens with zero attached hydrogens (tertiary/aromatic N) is 4. The maximum absolute atomic E-state index is 14.1. The number of piperidine rings is 1. The van der Waals surface area contributed by atoms with Crippen LogP contribution in [-0.2, 0) is 22.1 Å². The Hall–Kier alpha value is -4.53. The Morgan fingerprint density at radius 1 is 0.946 bits per heavy atom. The molecule has 11 nitrogen and oxygen atoms in total. The average molecular weight is 824 g/mol. The number of amides is 1. The van der Waals surface area contributed by atoms with Crippen LogP contribution >= 0.6 is 23.2 Å². The molecule has 0 radical (unpaired) electrons. The van der Waals surface area contributed by atoms with E-state index in [1.165, 1.54) is 12.1 Å². The Bertz CT molecular complexity index is 2360. The lowest BCUT2D eigenvalue weighted by atomic mass is 9.76. The van der Waals surface area contributed by atoms with Gasteiger partial charge in [0, 0.05) is 36.0 Å². The number of benzene rings is 4. The van der Waals surface area contributed by atoms with Crippen LogP contribution in [0.2, 0.25) is 10.0 Å². The van der Waals surface area contributed by atoms with Crippen LogP contribution in [0.5, 0.6) is 11.5 Å². The van der Waals surface area contributed by atoms with Crippen molar-refractivity contribution in [3.63, 3.8) is 0 Å². The molecule has 8 rings (SSSR count). The first-order valence-electron chi connectivity index (χ1n) is 18.3. The number of aromatic nitrogens is 2. The monoisotopic (exact) mass is 822 g/mol. The fraction of sp³-hybridized carbons (Fsp3) is 0.341. The van der Waals surface area contributed by atoms with Gasteiger partial charge in [-0.15, -0.1) is 0 Å². The standard InChI is InChI=1S/C40H37Cl2FN4O4.CH4O3S/c41-29-8-11-31(32(42)22-29)39(49)46-20-16-40(24-46,28-7-12-35-36(21-28)51-25-50-35)15-19-45-17-13-27(14-18-45)37(48)38-44-33-3-1-2-4-34(33)47(38)23-26-5-9-30(43)10-6-26;1-5(2,3)4/h1-12,21-22,27H,13-20,23-25H2;1H3,(H,2,3,4). The van der Waals surface area contributed by atoms with Crippen molar-refractivity contribution in [3.8, 4) is 11.5 Å². The van der Waals surface area contributed by atoms with Gasteiger partial charge in [-0.05, 0) is 111 Å². The van der Waals surface area contributed by atoms with Crippen molar-refractivity contribution < 1.29 is 36.4 Å². The Balaban J connectivity index is 0.000000905. The van der Waals surface area contributed by atoms with Crippen LogP contribution < -0.4 is 9.47 Å². The summed E-state index contributed by atoms with van der Waals surface area (Å²) < 4.78 is 52.8. The average Bonchev–Trinajstić information content (AvgIpc) is 3.92. The van der Waals surface area contributed by atoms with E-state index in [0.717, 1.165) is 79.0 Å². The highest BCUT2D eigenvalue weighted by Gasteiger charge is 2.43. The van der Waals surface area contributed by atoms with Gasteiger partial charge in [-0.3, -0.25) is 14.1 Å². The molecule has 3 aliphatic heterocycles. The van der Waals surface area contributed by atoms with E-state index >= 15 is 0 Å². The Morgan fingerprint density at radius 3 is 2.39 bits per heavy atom. The highest BCUT2D eigenvalue weighted by Crippen LogP contribution is 2.43. The van der Waals surface area contributed by atoms with E-state index in [2.05, 4.69) is 17.0 Å². The van der Waals surface area contributed by atoms with Crippen molar-refractivity contribution in [1.29, 1.82) is 0 Å². The summed E-state index contributed by atoms with van der Waals surface area (Å²) in [5, 5.41) is 0.832. The summed E-state index contributed by atoms with van der Waals surface area (Å²) >= 11 is 12.6. The number of ether oxygens (including phenoxy) is 2. The van der Waals surface area contributed by atoms with Gasteiger partial charge in [0.25, 0.3) is 16.0 Å². The minimum absolute atomic E-state index is 0.0515. The minimum Gasteiger partial charge on any atom is -0.454 e. The van der Waals surface area contributed by atoms with Gasteiger partial charge < -0.3 is 23.8 Å². The molecule has 1 aromatic heterocycles. The summed E-state index contributed by atoms with van der Waals surface area (Å²) in [6.45, 7) is 4.17. The maximum atomic E-state index is 14.1. The summed E-state index contributed by atoms with van der Waals surface area (Å²) in [4.78, 5) is 36.9. The van der Waals surface area contributed by atoms with Gasteiger partial charge >= 0.3 is 0 Å². The van der Waals surface area contributed by atoms with Gasteiger partial charge in [-0.1, -0.05) is 53.5 Å². The highest BCUT2D eigenvalue weighted by molar-refractivity contribution is 7.85. The minimum atomic E-state index is -3.67. The largest absolute Gasteiger partial charge is 0.454 e. The Labute approximate surface area is 334 Å². The Kier molecular flexibility index (Phi) is 11.7. The fourth-order valence-electron chi connectivity index (χ4n) is 7.86. The quantitative estimate of drug-likeness (QED) is 0.118. The van der Waals surface area contributed by atoms with Crippen molar-refractivity contribution in [2.45, 2.75) is 37.6 Å². The van der Waals surface area contributed by atoms with E-state index in [4.69, 9.17) is 42.2 Å². The zero-order valence-corrected chi connectivity index (χ0v) is 33.0. The van der Waals surface area contributed by atoms with E-state index in [1.54, 1.807) is 30.3 Å². The first-order valence-corrected chi connectivity index (χ1v) is 20.9. The third-order valence-electron chi connectivity index (χ3n) is 10.8. The van der Waals surface area contributed by atoms with E-state index in [-0.39, 0.29) is 35.6 Å². The first-order chi connectivity index (χ1) is 26.8. The molecule has 0 bridgehead atoms. The third-order valence-corrected chi connectivity index (χ3v) is 11.3. The van der Waals surface area contributed by atoms with Crippen LogP contribution in [0.1, 0.15) is 57.8 Å². The predicted octanol–water partition coefficient (Wildman–Crippen LogP) is 7.53. The summed E-state index contributed by atoms with van der Waals surface area (Å²) in [6, 6.07) is 25.3. The topological polar surface area (TPSA) is 131 Å². The number of ketones is 1. The van der Waals surface area contributed by atoms with Gasteiger partial charge in [-0.25, -0.2) is 9.37 Å². The van der Waals surface area contributed by atoms with E-state index in [1.807, 2.05) is 39.8 Å². The number of likely N-dealkylation sites (tertiary alicyclic amines) is 2. The van der Waals surface area contributed by atoms with Gasteiger partial charge in [-0.2, -0.15) is 8.42 Å². The molecular weight excluding hydrogens is 782 g/mol. The zero-order chi connectivity index (χ0) is 39.6. The lowest BCUT2D eigenvalue weighted by Gasteiger charge is -2.36. The number of hydrogen-bond donors (Lipinski definition) is 1. The molecule has 5 aromatic rings. The lowest BCUT2D eigenvalue weighted by Crippen LogP contribution is -2.41. The van der Waals surface area contributed by atoms with Crippen LogP contribution in [-0.4, -0.2) is 89.8 Å². The molecular formula is C41H41Cl2FN4O7S. The molecule has 2 saturated heterocycles. The van der Waals surface area contributed by atoms with Crippen LogP contribution in [0, 0.1) is 11.7 Å². The number of carbonyl (C=O) groups is 2. The highest BCUT2D eigenvalue weighted by atomic mass is 35.5. The van der Waals surface area contributed by atoms with Gasteiger partial charge in [0.2, 0.25) is 12.6 Å². The van der Waals surface area contributed by atoms with Crippen LogP contribution in [0.4, 0.5) is 4.39 Å². The second kappa shape index (κ2) is 16.5. The number of imidazole rings is 1. The fourth-order valence-corrected chi connectivity index (χ4v) is 8.35. The molecule has 1 unspecified atom stereocenters. The summed E-state index contributed by atoms with van der Waals surface area (Å²) in [5.74, 6) is 1.42. The van der Waals surface area contributed by atoms with Crippen molar-refractivity contribution in [1.82, 2.24) is 19.4 Å². The van der Waals surface area contributed by atoms with Crippen LogP contribution in [0.15, 0.2) is 84.9 Å². The molecule has 0 aliphatic carbocycles. The smallest absolute Gasteiger partial charge is 0.261 e. The van der Waals surface area contributed by atoms with Crippen molar-refractivity contribution >= 4 is 56.0 Å². The number of carbonyl (C=O) groups excluding carboxylic acids is 2. The molecule has 4 heterocycles. The maximum Gasteiger partial charge on any atom is 0.261 e. The van der Waals surface area contributed by atoms with E-state index in [9.17, 15) is 22.4 Å². The van der Waals surface area contributed by atoms with Gasteiger partial charge in [0.1, 0.15) is 5.82 Å². The lowest BCUT2D eigenvalue weighted by molar-refractivity contribution is 0.0778. The number of fused-ring (bicyclic) bond motifs is 2. The second-order valence-electron chi connectivity index (χ2n) is 14.5. The number of halogens is 3. The molecule has 4 aromatic carbocycles. The molecule has 0 saturated carbocycles. The van der Waals surface area contributed by atoms with Crippen LogP contribution in [0.3, 0.4) is 0 Å². The summed E-state index contributed by atoms with van der Waals surface area (Å²) in [5.41, 5.74) is 3.83. The molecule has 0 spiro atoms. The predicted molar refractivity (Wildman–Crippen MR) is 212 cm³/mol. The third kappa shape index (κ3) is 9.03. The molecule has 294 valence electrons. The second-order valence-corrected chi connectivity index (χ2v) is 16.9. The summed E-state index contributed by atoms with van der Waals surface area (Å²) in [7, 11) is -3.67. The zero-order valence-electron chi connectivity index (χ0n) is 30.7. The van der Waals surface area contributed by atoms with E-state index < -0.39 is 10.1 Å². The van der Waals surface area contributed by atoms with Crippen molar-refractivity contribution in [2.24, 2.45) is 5.92 Å². The molecule has 1 amide bonds. The van der Waals surface area contributed by atoms with E-state index in [0.29, 0.717) is 47.3 Å². The van der Waals surface area contributed by atoms with Crippen molar-refractivity contribution in [2.75, 3.05) is 45.8 Å². The molecule has 1 N–H and O–H groups in total. The molecule has 56 heavy (non-hydrogen) atoms. The number of rotatable bonds is 9. The molecule has 1 atom stereocenters. The number of hydrogen-bond acceptors (Lipinski definition) is 8. The number of para-hydroxylation sites is 2. The first kappa shape index (κ1) is 39.7. The van der Waals surface area contributed by atoms with Crippen LogP contribution in [0.25, 0.3) is 11.0 Å². The molecule has 15 heteroatoms. The normalized spacial score (nSPS) is 18.6. The summed E-state index contributed by atoms with van der Waals surface area (Å²) in [6.07, 6.45) is 3.80.